The molecule has 0 aliphatic carbocycles. The molecule has 4 heteroatoms. The summed E-state index contributed by atoms with van der Waals surface area (Å²) in [5.74, 6) is 0.741. The van der Waals surface area contributed by atoms with Gasteiger partial charge in [0.15, 0.2) is 0 Å². The molecule has 15 heavy (non-hydrogen) atoms. The molecule has 1 aromatic heterocycles. The Morgan fingerprint density at radius 1 is 1.40 bits per heavy atom. The minimum atomic E-state index is 0.663. The van der Waals surface area contributed by atoms with Crippen molar-refractivity contribution in [3.63, 3.8) is 0 Å². The molecule has 0 radical (unpaired) electrons. The maximum absolute atomic E-state index is 6.18. The number of pyridine rings is 1. The van der Waals surface area contributed by atoms with Gasteiger partial charge in [0.25, 0.3) is 0 Å². The molecule has 0 fully saturated rings. The van der Waals surface area contributed by atoms with Gasteiger partial charge in [-0.15, -0.1) is 0 Å². The Kier molecular flexibility index (Phi) is 2.85. The number of hydrogen-bond acceptors (Lipinski definition) is 2. The summed E-state index contributed by atoms with van der Waals surface area (Å²) >= 11 is 9.63. The van der Waals surface area contributed by atoms with Gasteiger partial charge in [0.05, 0.1) is 23.0 Å². The van der Waals surface area contributed by atoms with Crippen molar-refractivity contribution in [2.24, 2.45) is 0 Å². The molecule has 2 aromatic rings. The maximum atomic E-state index is 6.18. The number of fused-ring (bicyclic) bond motifs is 1. The first-order chi connectivity index (χ1) is 7.13. The van der Waals surface area contributed by atoms with E-state index >= 15 is 0 Å². The fourth-order valence-corrected chi connectivity index (χ4v) is 2.28. The molecule has 0 atom stereocenters. The molecular formula is C11H9BrClNO. The zero-order chi connectivity index (χ0) is 11.0. The van der Waals surface area contributed by atoms with Crippen LogP contribution in [0, 0.1) is 6.92 Å². The predicted molar refractivity (Wildman–Crippen MR) is 65.7 cm³/mol. The van der Waals surface area contributed by atoms with Crippen LogP contribution in [0.1, 0.15) is 5.69 Å². The predicted octanol–water partition coefficient (Wildman–Crippen LogP) is 3.97. The van der Waals surface area contributed by atoms with Crippen molar-refractivity contribution >= 4 is 38.4 Å². The zero-order valence-corrected chi connectivity index (χ0v) is 10.7. The normalized spacial score (nSPS) is 10.7. The van der Waals surface area contributed by atoms with E-state index in [0.29, 0.717) is 5.02 Å². The van der Waals surface area contributed by atoms with E-state index in [9.17, 15) is 0 Å². The monoisotopic (exact) mass is 285 g/mol. The SMILES string of the molecule is COc1ccc(Br)c2nc(C)cc(Cl)c12. The van der Waals surface area contributed by atoms with E-state index < -0.39 is 0 Å². The lowest BCUT2D eigenvalue weighted by Crippen LogP contribution is -1.90. The Morgan fingerprint density at radius 3 is 2.80 bits per heavy atom. The van der Waals surface area contributed by atoms with Crippen LogP contribution >= 0.6 is 27.5 Å². The molecule has 2 nitrogen and oxygen atoms in total. The molecular weight excluding hydrogens is 277 g/mol. The van der Waals surface area contributed by atoms with Crippen LogP contribution in [0.15, 0.2) is 22.7 Å². The Bertz CT molecular complexity index is 527. The van der Waals surface area contributed by atoms with Gasteiger partial charge in [-0.25, -0.2) is 0 Å². The number of halogens is 2. The van der Waals surface area contributed by atoms with Gasteiger partial charge < -0.3 is 4.74 Å². The molecule has 0 saturated carbocycles. The number of aryl methyl sites for hydroxylation is 1. The second-order valence-corrected chi connectivity index (χ2v) is 4.48. The number of aromatic nitrogens is 1. The van der Waals surface area contributed by atoms with E-state index in [1.165, 1.54) is 0 Å². The Labute approximate surface area is 101 Å². The first-order valence-electron chi connectivity index (χ1n) is 4.43. The van der Waals surface area contributed by atoms with E-state index in [-0.39, 0.29) is 0 Å². The highest BCUT2D eigenvalue weighted by Gasteiger charge is 2.10. The van der Waals surface area contributed by atoms with Crippen LogP contribution in [-0.2, 0) is 0 Å². The lowest BCUT2D eigenvalue weighted by molar-refractivity contribution is 0.419. The molecule has 0 unspecified atom stereocenters. The summed E-state index contributed by atoms with van der Waals surface area (Å²) in [6, 6.07) is 5.61. The van der Waals surface area contributed by atoms with Gasteiger partial charge in [-0.2, -0.15) is 0 Å². The first kappa shape index (κ1) is 10.7. The number of ether oxygens (including phenoxy) is 1. The van der Waals surface area contributed by atoms with Crippen LogP contribution in [0.2, 0.25) is 5.02 Å². The molecule has 78 valence electrons. The van der Waals surface area contributed by atoms with Crippen molar-refractivity contribution < 1.29 is 4.74 Å². The highest BCUT2D eigenvalue weighted by atomic mass is 79.9. The van der Waals surface area contributed by atoms with Crippen molar-refractivity contribution in [1.82, 2.24) is 4.98 Å². The summed E-state index contributed by atoms with van der Waals surface area (Å²) in [5.41, 5.74) is 1.72. The third-order valence-electron chi connectivity index (χ3n) is 2.17. The summed E-state index contributed by atoms with van der Waals surface area (Å²) in [7, 11) is 1.62. The lowest BCUT2D eigenvalue weighted by Gasteiger charge is -2.08. The van der Waals surface area contributed by atoms with Crippen LogP contribution in [0.4, 0.5) is 0 Å². The second kappa shape index (κ2) is 3.99. The fraction of sp³-hybridized carbons (Fsp3) is 0.182. The van der Waals surface area contributed by atoms with E-state index in [1.807, 2.05) is 25.1 Å². The Morgan fingerprint density at radius 2 is 2.13 bits per heavy atom. The maximum Gasteiger partial charge on any atom is 0.129 e. The zero-order valence-electron chi connectivity index (χ0n) is 8.34. The molecule has 0 spiro atoms. The van der Waals surface area contributed by atoms with Crippen LogP contribution in [0.3, 0.4) is 0 Å². The van der Waals surface area contributed by atoms with Crippen LogP contribution in [-0.4, -0.2) is 12.1 Å². The van der Waals surface area contributed by atoms with Crippen molar-refractivity contribution in [2.45, 2.75) is 6.92 Å². The molecule has 0 amide bonds. The summed E-state index contributed by atoms with van der Waals surface area (Å²) < 4.78 is 6.18. The number of rotatable bonds is 1. The van der Waals surface area contributed by atoms with Gasteiger partial charge >= 0.3 is 0 Å². The highest BCUT2D eigenvalue weighted by Crippen LogP contribution is 2.35. The molecule has 2 rings (SSSR count). The molecule has 0 saturated heterocycles. The van der Waals surface area contributed by atoms with E-state index in [0.717, 1.165) is 26.8 Å². The van der Waals surface area contributed by atoms with Crippen LogP contribution < -0.4 is 4.74 Å². The topological polar surface area (TPSA) is 22.1 Å². The van der Waals surface area contributed by atoms with E-state index in [2.05, 4.69) is 20.9 Å². The molecule has 1 heterocycles. The average Bonchev–Trinajstić information content (AvgIpc) is 2.19. The largest absolute Gasteiger partial charge is 0.496 e. The number of nitrogens with zero attached hydrogens (tertiary/aromatic N) is 1. The fourth-order valence-electron chi connectivity index (χ4n) is 1.52. The Balaban J connectivity index is 2.93. The lowest BCUT2D eigenvalue weighted by atomic mass is 10.2. The van der Waals surface area contributed by atoms with Crippen molar-refractivity contribution in [2.75, 3.05) is 7.11 Å². The summed E-state index contributed by atoms with van der Waals surface area (Å²) in [6.07, 6.45) is 0. The number of methoxy groups -OCH3 is 1. The highest BCUT2D eigenvalue weighted by molar-refractivity contribution is 9.10. The molecule has 0 aliphatic heterocycles. The van der Waals surface area contributed by atoms with Crippen molar-refractivity contribution in [3.05, 3.63) is 33.4 Å². The first-order valence-corrected chi connectivity index (χ1v) is 5.60. The second-order valence-electron chi connectivity index (χ2n) is 3.22. The van der Waals surface area contributed by atoms with Gasteiger partial charge in [0.1, 0.15) is 5.75 Å². The van der Waals surface area contributed by atoms with Crippen molar-refractivity contribution in [3.8, 4) is 5.75 Å². The Hall–Kier alpha value is -0.800. The van der Waals surface area contributed by atoms with Gasteiger partial charge in [-0.1, -0.05) is 11.6 Å². The summed E-state index contributed by atoms with van der Waals surface area (Å²) in [4.78, 5) is 4.43. The van der Waals surface area contributed by atoms with Gasteiger partial charge in [0, 0.05) is 10.2 Å². The molecule has 1 aromatic carbocycles. The van der Waals surface area contributed by atoms with E-state index in [4.69, 9.17) is 16.3 Å². The number of benzene rings is 1. The van der Waals surface area contributed by atoms with Crippen LogP contribution in [0.25, 0.3) is 10.9 Å². The molecule has 0 aliphatic rings. The van der Waals surface area contributed by atoms with E-state index in [1.54, 1.807) is 7.11 Å². The minimum Gasteiger partial charge on any atom is -0.496 e. The third-order valence-corrected chi connectivity index (χ3v) is 3.11. The minimum absolute atomic E-state index is 0.663. The summed E-state index contributed by atoms with van der Waals surface area (Å²) in [6.45, 7) is 1.91. The van der Waals surface area contributed by atoms with Crippen molar-refractivity contribution in [1.29, 1.82) is 0 Å². The van der Waals surface area contributed by atoms with Gasteiger partial charge in [-0.3, -0.25) is 4.98 Å². The smallest absolute Gasteiger partial charge is 0.129 e. The quantitative estimate of drug-likeness (QED) is 0.791. The van der Waals surface area contributed by atoms with Crippen LogP contribution in [0.5, 0.6) is 5.75 Å². The number of hydrogen-bond donors (Lipinski definition) is 0. The molecule has 0 N–H and O–H groups in total. The van der Waals surface area contributed by atoms with Gasteiger partial charge in [0.2, 0.25) is 0 Å². The standard InChI is InChI=1S/C11H9BrClNO/c1-6-5-8(13)10-9(15-2)4-3-7(12)11(10)14-6/h3-5H,1-2H3. The summed E-state index contributed by atoms with van der Waals surface area (Å²) in [5, 5.41) is 1.51. The third kappa shape index (κ3) is 1.82. The molecule has 0 bridgehead atoms. The van der Waals surface area contributed by atoms with Gasteiger partial charge in [-0.05, 0) is 41.1 Å². The average molecular weight is 287 g/mol.